The molecule has 9 nitrogen and oxygen atoms in total. The lowest BCUT2D eigenvalue weighted by Gasteiger charge is -2.32. The first kappa shape index (κ1) is 21.6. The highest BCUT2D eigenvalue weighted by Crippen LogP contribution is 2.32. The molecule has 0 bridgehead atoms. The summed E-state index contributed by atoms with van der Waals surface area (Å²) in [5.41, 5.74) is -0.592. The molecule has 1 amide bonds. The molecule has 1 aliphatic heterocycles. The van der Waals surface area contributed by atoms with Crippen molar-refractivity contribution in [2.24, 2.45) is 0 Å². The second-order valence-electron chi connectivity index (χ2n) is 7.95. The number of carbonyl (C=O) groups is 2. The van der Waals surface area contributed by atoms with Crippen LogP contribution in [0.25, 0.3) is 0 Å². The molecule has 1 saturated carbocycles. The molecule has 9 heteroatoms. The number of hydrogen-bond acceptors (Lipinski definition) is 7. The molecule has 160 valence electrons. The van der Waals surface area contributed by atoms with Crippen LogP contribution < -0.4 is 10.2 Å². The number of esters is 1. The molecule has 1 aliphatic carbocycles. The van der Waals surface area contributed by atoms with Crippen molar-refractivity contribution < 1.29 is 19.2 Å². The van der Waals surface area contributed by atoms with E-state index in [2.05, 4.69) is 11.4 Å². The molecule has 0 radical (unpaired) electrons. The summed E-state index contributed by atoms with van der Waals surface area (Å²) in [6.45, 7) is 2.90. The number of anilines is 1. The van der Waals surface area contributed by atoms with Crippen LogP contribution in [0.15, 0.2) is 18.2 Å². The van der Waals surface area contributed by atoms with Gasteiger partial charge >= 0.3 is 5.97 Å². The second kappa shape index (κ2) is 9.11. The van der Waals surface area contributed by atoms with Gasteiger partial charge in [-0.3, -0.25) is 14.9 Å². The third-order valence-electron chi connectivity index (χ3n) is 5.79. The Balaban J connectivity index is 1.68. The van der Waals surface area contributed by atoms with Crippen LogP contribution in [-0.2, 0) is 9.53 Å². The van der Waals surface area contributed by atoms with Crippen LogP contribution in [0.3, 0.4) is 0 Å². The molecule has 0 aromatic heterocycles. The zero-order valence-electron chi connectivity index (χ0n) is 17.1. The molecule has 1 heterocycles. The Bertz CT molecular complexity index is 867. The monoisotopic (exact) mass is 414 g/mol. The highest BCUT2D eigenvalue weighted by atomic mass is 16.6. The minimum absolute atomic E-state index is 0.0111. The van der Waals surface area contributed by atoms with Gasteiger partial charge in [0.1, 0.15) is 11.2 Å². The Hall–Kier alpha value is -3.15. The first-order chi connectivity index (χ1) is 14.3. The van der Waals surface area contributed by atoms with E-state index in [0.29, 0.717) is 18.5 Å². The molecule has 1 saturated heterocycles. The largest absolute Gasteiger partial charge is 0.449 e. The third kappa shape index (κ3) is 4.70. The maximum absolute atomic E-state index is 12.5. The number of hydrogen-bond donors (Lipinski definition) is 1. The van der Waals surface area contributed by atoms with Gasteiger partial charge < -0.3 is 15.0 Å². The number of nitro groups is 1. The standard InChI is InChI=1S/C21H26N4O5/c1-15(19(26)23-21(14-22)9-3-2-4-10-21)30-20(27)16-7-8-17(18(13-16)25(28)29)24-11-5-6-12-24/h7-8,13,15H,2-6,9-12H2,1H3,(H,23,26)/t15-/m0/s1. The van der Waals surface area contributed by atoms with E-state index in [1.54, 1.807) is 6.07 Å². The van der Waals surface area contributed by atoms with E-state index < -0.39 is 28.4 Å². The van der Waals surface area contributed by atoms with Gasteiger partial charge in [0.15, 0.2) is 6.10 Å². The minimum Gasteiger partial charge on any atom is -0.449 e. The lowest BCUT2D eigenvalue weighted by molar-refractivity contribution is -0.384. The zero-order chi connectivity index (χ0) is 21.7. The van der Waals surface area contributed by atoms with Crippen LogP contribution in [0.4, 0.5) is 11.4 Å². The molecule has 1 aromatic rings. The Labute approximate surface area is 175 Å². The van der Waals surface area contributed by atoms with E-state index in [9.17, 15) is 25.0 Å². The first-order valence-electron chi connectivity index (χ1n) is 10.3. The van der Waals surface area contributed by atoms with Gasteiger partial charge in [-0.15, -0.1) is 0 Å². The summed E-state index contributed by atoms with van der Waals surface area (Å²) in [4.78, 5) is 37.9. The number of carbonyl (C=O) groups excluding carboxylic acids is 2. The fourth-order valence-electron chi connectivity index (χ4n) is 4.06. The molecule has 1 N–H and O–H groups in total. The summed E-state index contributed by atoms with van der Waals surface area (Å²) < 4.78 is 5.23. The van der Waals surface area contributed by atoms with Crippen molar-refractivity contribution in [3.8, 4) is 6.07 Å². The number of amides is 1. The molecular weight excluding hydrogens is 388 g/mol. The molecule has 1 aromatic carbocycles. The molecule has 0 spiro atoms. The van der Waals surface area contributed by atoms with Gasteiger partial charge in [-0.25, -0.2) is 4.79 Å². The van der Waals surface area contributed by atoms with Gasteiger partial charge in [-0.2, -0.15) is 5.26 Å². The normalized spacial score (nSPS) is 18.9. The van der Waals surface area contributed by atoms with E-state index in [0.717, 1.165) is 45.2 Å². The highest BCUT2D eigenvalue weighted by Gasteiger charge is 2.35. The second-order valence-corrected chi connectivity index (χ2v) is 7.95. The SMILES string of the molecule is C[C@H](OC(=O)c1ccc(N2CCCC2)c([N+](=O)[O-])c1)C(=O)NC1(C#N)CCCCC1. The van der Waals surface area contributed by atoms with Crippen molar-refractivity contribution in [1.82, 2.24) is 5.32 Å². The molecular formula is C21H26N4O5. The predicted octanol–water partition coefficient (Wildman–Crippen LogP) is 3.08. The summed E-state index contributed by atoms with van der Waals surface area (Å²) in [6, 6.07) is 6.41. The maximum Gasteiger partial charge on any atom is 0.339 e. The van der Waals surface area contributed by atoms with Gasteiger partial charge in [0.05, 0.1) is 16.6 Å². The number of nitriles is 1. The number of nitro benzene ring substituents is 1. The Morgan fingerprint density at radius 2 is 1.90 bits per heavy atom. The van der Waals surface area contributed by atoms with Crippen LogP contribution in [0.1, 0.15) is 62.2 Å². The van der Waals surface area contributed by atoms with Crippen molar-refractivity contribution >= 4 is 23.3 Å². The quantitative estimate of drug-likeness (QED) is 0.431. The van der Waals surface area contributed by atoms with Gasteiger partial charge in [0.25, 0.3) is 11.6 Å². The minimum atomic E-state index is -1.12. The summed E-state index contributed by atoms with van der Waals surface area (Å²) in [7, 11) is 0. The van der Waals surface area contributed by atoms with Crippen molar-refractivity contribution in [3.05, 3.63) is 33.9 Å². The van der Waals surface area contributed by atoms with Crippen molar-refractivity contribution in [3.63, 3.8) is 0 Å². The lowest BCUT2D eigenvalue weighted by atomic mass is 9.83. The van der Waals surface area contributed by atoms with Crippen LogP contribution in [0.2, 0.25) is 0 Å². The molecule has 3 rings (SSSR count). The number of rotatable bonds is 6. The van der Waals surface area contributed by atoms with Crippen molar-refractivity contribution in [2.75, 3.05) is 18.0 Å². The smallest absolute Gasteiger partial charge is 0.339 e. The summed E-state index contributed by atoms with van der Waals surface area (Å²) in [5.74, 6) is -1.36. The summed E-state index contributed by atoms with van der Waals surface area (Å²) >= 11 is 0. The molecule has 2 fully saturated rings. The van der Waals surface area contributed by atoms with E-state index >= 15 is 0 Å². The number of benzene rings is 1. The van der Waals surface area contributed by atoms with E-state index in [-0.39, 0.29) is 11.3 Å². The fraction of sp³-hybridized carbons (Fsp3) is 0.571. The van der Waals surface area contributed by atoms with Gasteiger partial charge in [-0.1, -0.05) is 19.3 Å². The van der Waals surface area contributed by atoms with Gasteiger partial charge in [0.2, 0.25) is 0 Å². The van der Waals surface area contributed by atoms with Crippen LogP contribution in [-0.4, -0.2) is 41.5 Å². The number of nitrogens with zero attached hydrogens (tertiary/aromatic N) is 3. The predicted molar refractivity (Wildman–Crippen MR) is 109 cm³/mol. The van der Waals surface area contributed by atoms with Crippen LogP contribution in [0, 0.1) is 21.4 Å². The highest BCUT2D eigenvalue weighted by molar-refractivity contribution is 5.94. The average molecular weight is 414 g/mol. The topological polar surface area (TPSA) is 126 Å². The fourth-order valence-corrected chi connectivity index (χ4v) is 4.06. The average Bonchev–Trinajstić information content (AvgIpc) is 3.28. The molecule has 2 aliphatic rings. The van der Waals surface area contributed by atoms with Gasteiger partial charge in [-0.05, 0) is 44.7 Å². The maximum atomic E-state index is 12.5. The lowest BCUT2D eigenvalue weighted by Crippen LogP contribution is -2.52. The van der Waals surface area contributed by atoms with Gasteiger partial charge in [0, 0.05) is 19.2 Å². The summed E-state index contributed by atoms with van der Waals surface area (Å²) in [5, 5.41) is 23.7. The van der Waals surface area contributed by atoms with E-state index in [4.69, 9.17) is 4.74 Å². The third-order valence-corrected chi connectivity index (χ3v) is 5.79. The number of nitrogens with one attached hydrogen (secondary N) is 1. The van der Waals surface area contributed by atoms with Crippen LogP contribution >= 0.6 is 0 Å². The van der Waals surface area contributed by atoms with E-state index in [1.165, 1.54) is 19.1 Å². The van der Waals surface area contributed by atoms with Crippen molar-refractivity contribution in [1.29, 1.82) is 5.26 Å². The molecule has 1 atom stereocenters. The number of ether oxygens (including phenoxy) is 1. The van der Waals surface area contributed by atoms with E-state index in [1.807, 2.05) is 4.90 Å². The first-order valence-corrected chi connectivity index (χ1v) is 10.3. The molecule has 30 heavy (non-hydrogen) atoms. The van der Waals surface area contributed by atoms with Crippen molar-refractivity contribution in [2.45, 2.75) is 63.5 Å². The molecule has 0 unspecified atom stereocenters. The Morgan fingerprint density at radius 3 is 2.50 bits per heavy atom. The zero-order valence-corrected chi connectivity index (χ0v) is 17.1. The van der Waals surface area contributed by atoms with Crippen LogP contribution in [0.5, 0.6) is 0 Å². The summed E-state index contributed by atoms with van der Waals surface area (Å²) in [6.07, 6.45) is 4.69. The Morgan fingerprint density at radius 1 is 1.23 bits per heavy atom. The Kier molecular flexibility index (Phi) is 6.55.